The topological polar surface area (TPSA) is 61.7 Å². The summed E-state index contributed by atoms with van der Waals surface area (Å²) in [6.45, 7) is 4.91. The highest BCUT2D eigenvalue weighted by Gasteiger charge is 2.03. The van der Waals surface area contributed by atoms with Crippen LogP contribution in [0.15, 0.2) is 0 Å². The molecule has 0 amide bonds. The van der Waals surface area contributed by atoms with Crippen LogP contribution in [0.3, 0.4) is 0 Å². The monoisotopic (exact) mass is 345 g/mol. The summed E-state index contributed by atoms with van der Waals surface area (Å²) < 4.78 is 5.50. The van der Waals surface area contributed by atoms with Gasteiger partial charge in [-0.1, -0.05) is 77.6 Å². The summed E-state index contributed by atoms with van der Waals surface area (Å²) in [5.74, 6) is 0. The summed E-state index contributed by atoms with van der Waals surface area (Å²) in [7, 11) is 0. The largest absolute Gasteiger partial charge is 0.396 e. The lowest BCUT2D eigenvalue weighted by Gasteiger charge is -2.12. The van der Waals surface area contributed by atoms with Crippen LogP contribution in [0.2, 0.25) is 0 Å². The highest BCUT2D eigenvalue weighted by atomic mass is 16.5. The Morgan fingerprint density at radius 2 is 1.33 bits per heavy atom. The average Bonchev–Trinajstić information content (AvgIpc) is 2.59. The second kappa shape index (κ2) is 20.9. The van der Waals surface area contributed by atoms with Gasteiger partial charge in [-0.05, 0) is 19.4 Å². The molecule has 0 aromatic heterocycles. The molecular formula is C20H43NO3. The molecule has 0 saturated carbocycles. The van der Waals surface area contributed by atoms with Crippen molar-refractivity contribution in [3.63, 3.8) is 0 Å². The third-order valence-corrected chi connectivity index (χ3v) is 4.34. The van der Waals surface area contributed by atoms with E-state index < -0.39 is 6.10 Å². The van der Waals surface area contributed by atoms with E-state index in [1.165, 1.54) is 70.6 Å². The van der Waals surface area contributed by atoms with Crippen molar-refractivity contribution in [1.82, 2.24) is 5.32 Å². The smallest absolute Gasteiger partial charge is 0.0897 e. The van der Waals surface area contributed by atoms with Gasteiger partial charge >= 0.3 is 0 Å². The number of hydrogen-bond acceptors (Lipinski definition) is 4. The zero-order chi connectivity index (χ0) is 17.7. The Bertz CT molecular complexity index is 227. The predicted octanol–water partition coefficient (Wildman–Crippen LogP) is 4.04. The van der Waals surface area contributed by atoms with Gasteiger partial charge in [0, 0.05) is 19.8 Å². The van der Waals surface area contributed by atoms with Crippen LogP contribution >= 0.6 is 0 Å². The molecule has 1 unspecified atom stereocenters. The number of hydrogen-bond donors (Lipinski definition) is 3. The Balaban J connectivity index is 3.06. The summed E-state index contributed by atoms with van der Waals surface area (Å²) in [6.07, 6.45) is 16.5. The Morgan fingerprint density at radius 1 is 0.792 bits per heavy atom. The van der Waals surface area contributed by atoms with Crippen molar-refractivity contribution in [2.75, 3.05) is 32.9 Å². The van der Waals surface area contributed by atoms with Crippen LogP contribution in [0.4, 0.5) is 0 Å². The maximum Gasteiger partial charge on any atom is 0.0897 e. The van der Waals surface area contributed by atoms with Gasteiger partial charge in [0.15, 0.2) is 0 Å². The number of unbranched alkanes of at least 4 members (excludes halogenated alkanes) is 11. The van der Waals surface area contributed by atoms with Crippen LogP contribution in [-0.4, -0.2) is 49.2 Å². The molecule has 0 saturated heterocycles. The molecule has 0 aromatic carbocycles. The molecule has 3 N–H and O–H groups in total. The van der Waals surface area contributed by atoms with Gasteiger partial charge in [-0.2, -0.15) is 0 Å². The Hall–Kier alpha value is -0.160. The van der Waals surface area contributed by atoms with Gasteiger partial charge in [0.2, 0.25) is 0 Å². The maximum atomic E-state index is 9.69. The van der Waals surface area contributed by atoms with E-state index in [9.17, 15) is 5.11 Å². The molecule has 0 aromatic rings. The summed E-state index contributed by atoms with van der Waals surface area (Å²) >= 11 is 0. The fourth-order valence-electron chi connectivity index (χ4n) is 2.80. The number of aliphatic hydroxyl groups excluding tert-OH is 2. The van der Waals surface area contributed by atoms with Crippen LogP contribution in [0, 0.1) is 0 Å². The molecule has 146 valence electrons. The first kappa shape index (κ1) is 23.8. The molecule has 0 spiro atoms. The van der Waals surface area contributed by atoms with E-state index in [-0.39, 0.29) is 6.61 Å². The molecule has 0 aliphatic rings. The van der Waals surface area contributed by atoms with E-state index in [2.05, 4.69) is 12.2 Å². The maximum absolute atomic E-state index is 9.69. The van der Waals surface area contributed by atoms with Gasteiger partial charge in [-0.3, -0.25) is 0 Å². The minimum atomic E-state index is -0.444. The Labute approximate surface area is 150 Å². The predicted molar refractivity (Wildman–Crippen MR) is 102 cm³/mol. The first-order valence-corrected chi connectivity index (χ1v) is 10.4. The quantitative estimate of drug-likeness (QED) is 0.291. The summed E-state index contributed by atoms with van der Waals surface area (Å²) in [6, 6.07) is 0. The molecule has 0 aliphatic carbocycles. The number of aliphatic hydroxyl groups is 2. The fraction of sp³-hybridized carbons (Fsp3) is 1.00. The van der Waals surface area contributed by atoms with Crippen LogP contribution in [0.25, 0.3) is 0 Å². The number of rotatable bonds is 20. The van der Waals surface area contributed by atoms with Crippen molar-refractivity contribution in [1.29, 1.82) is 0 Å². The van der Waals surface area contributed by atoms with Crippen molar-refractivity contribution < 1.29 is 14.9 Å². The molecule has 0 fully saturated rings. The molecule has 0 rings (SSSR count). The molecule has 4 heteroatoms. The lowest BCUT2D eigenvalue weighted by Crippen LogP contribution is -2.31. The van der Waals surface area contributed by atoms with E-state index in [0.717, 1.165) is 26.0 Å². The van der Waals surface area contributed by atoms with Crippen molar-refractivity contribution >= 4 is 0 Å². The molecule has 0 aliphatic heterocycles. The standard InChI is InChI=1S/C20H43NO3/c1-2-3-4-5-6-7-8-9-10-11-12-13-17-24-19-20(23)18-21-15-14-16-22/h20-23H,2-19H2,1H3. The lowest BCUT2D eigenvalue weighted by molar-refractivity contribution is 0.0354. The second-order valence-corrected chi connectivity index (χ2v) is 6.90. The fourth-order valence-corrected chi connectivity index (χ4v) is 2.80. The summed E-state index contributed by atoms with van der Waals surface area (Å²) in [5.41, 5.74) is 0. The number of ether oxygens (including phenoxy) is 1. The van der Waals surface area contributed by atoms with Gasteiger partial charge in [0.05, 0.1) is 12.7 Å². The van der Waals surface area contributed by atoms with Gasteiger partial charge < -0.3 is 20.3 Å². The minimum Gasteiger partial charge on any atom is -0.396 e. The lowest BCUT2D eigenvalue weighted by atomic mass is 10.1. The van der Waals surface area contributed by atoms with Gasteiger partial charge in [0.1, 0.15) is 0 Å². The number of nitrogens with one attached hydrogen (secondary N) is 1. The second-order valence-electron chi connectivity index (χ2n) is 6.90. The Morgan fingerprint density at radius 3 is 1.88 bits per heavy atom. The first-order valence-electron chi connectivity index (χ1n) is 10.4. The molecule has 0 bridgehead atoms. The van der Waals surface area contributed by atoms with Crippen LogP contribution in [0.5, 0.6) is 0 Å². The van der Waals surface area contributed by atoms with Crippen molar-refractivity contribution in [2.24, 2.45) is 0 Å². The highest BCUT2D eigenvalue weighted by Crippen LogP contribution is 2.11. The van der Waals surface area contributed by atoms with Gasteiger partial charge in [-0.15, -0.1) is 0 Å². The third-order valence-electron chi connectivity index (χ3n) is 4.34. The van der Waals surface area contributed by atoms with Crippen molar-refractivity contribution in [2.45, 2.75) is 96.5 Å². The zero-order valence-corrected chi connectivity index (χ0v) is 16.1. The Kier molecular flexibility index (Phi) is 20.7. The van der Waals surface area contributed by atoms with E-state index in [1.807, 2.05) is 0 Å². The third kappa shape index (κ3) is 19.9. The normalized spacial score (nSPS) is 12.6. The van der Waals surface area contributed by atoms with Gasteiger partial charge in [0.25, 0.3) is 0 Å². The zero-order valence-electron chi connectivity index (χ0n) is 16.1. The van der Waals surface area contributed by atoms with Gasteiger partial charge in [-0.25, -0.2) is 0 Å². The van der Waals surface area contributed by atoms with E-state index >= 15 is 0 Å². The van der Waals surface area contributed by atoms with E-state index in [4.69, 9.17) is 9.84 Å². The molecule has 0 heterocycles. The average molecular weight is 346 g/mol. The molecule has 1 atom stereocenters. The molecular weight excluding hydrogens is 302 g/mol. The molecule has 24 heavy (non-hydrogen) atoms. The molecule has 0 radical (unpaired) electrons. The van der Waals surface area contributed by atoms with Crippen molar-refractivity contribution in [3.05, 3.63) is 0 Å². The summed E-state index contributed by atoms with van der Waals surface area (Å²) in [5, 5.41) is 21.4. The van der Waals surface area contributed by atoms with Crippen LogP contribution in [-0.2, 0) is 4.74 Å². The van der Waals surface area contributed by atoms with Crippen LogP contribution in [0.1, 0.15) is 90.4 Å². The van der Waals surface area contributed by atoms with E-state index in [1.54, 1.807) is 0 Å². The van der Waals surface area contributed by atoms with Crippen molar-refractivity contribution in [3.8, 4) is 0 Å². The highest BCUT2D eigenvalue weighted by molar-refractivity contribution is 4.58. The van der Waals surface area contributed by atoms with E-state index in [0.29, 0.717) is 13.2 Å². The molecule has 4 nitrogen and oxygen atoms in total. The first-order chi connectivity index (χ1) is 11.8. The van der Waals surface area contributed by atoms with Crippen LogP contribution < -0.4 is 5.32 Å². The summed E-state index contributed by atoms with van der Waals surface area (Å²) in [4.78, 5) is 0. The SMILES string of the molecule is CCCCCCCCCCCCCCOCC(O)CNCCCO. The minimum absolute atomic E-state index is 0.193.